The van der Waals surface area contributed by atoms with Gasteiger partial charge in [0.05, 0.1) is 56.8 Å². The van der Waals surface area contributed by atoms with E-state index in [-0.39, 0.29) is 12.5 Å². The number of benzene rings is 2. The molecule has 0 radical (unpaired) electrons. The van der Waals surface area contributed by atoms with Crippen LogP contribution in [0.25, 0.3) is 0 Å². The third-order valence-corrected chi connectivity index (χ3v) is 8.48. The fraction of sp³-hybridized carbons (Fsp3) is 0.618. The average molecular weight is 615 g/mol. The van der Waals surface area contributed by atoms with Gasteiger partial charge < -0.3 is 38.8 Å². The molecule has 0 bridgehead atoms. The lowest BCUT2D eigenvalue weighted by molar-refractivity contribution is -0.138. The number of anilines is 1. The molecular formula is C34H50N2O8. The summed E-state index contributed by atoms with van der Waals surface area (Å²) < 4.78 is 29.8. The molecule has 2 aromatic carbocycles. The van der Waals surface area contributed by atoms with Crippen molar-refractivity contribution < 1.29 is 38.7 Å². The van der Waals surface area contributed by atoms with Gasteiger partial charge in [0, 0.05) is 32.8 Å². The average Bonchev–Trinajstić information content (AvgIpc) is 2.99. The first-order chi connectivity index (χ1) is 21.0. The highest BCUT2D eigenvalue weighted by atomic mass is 16.5. The minimum Gasteiger partial charge on any atom is -0.497 e. The van der Waals surface area contributed by atoms with E-state index in [0.717, 1.165) is 47.8 Å². The predicted octanol–water partition coefficient (Wildman–Crippen LogP) is 5.16. The van der Waals surface area contributed by atoms with E-state index in [2.05, 4.69) is 11.0 Å². The fourth-order valence-corrected chi connectivity index (χ4v) is 6.36. The molecule has 10 nitrogen and oxygen atoms in total. The number of piperidine rings is 1. The number of likely N-dealkylation sites (tertiary alicyclic amines) is 1. The van der Waals surface area contributed by atoms with E-state index in [1.165, 1.54) is 4.90 Å². The van der Waals surface area contributed by atoms with Crippen LogP contribution in [0.3, 0.4) is 0 Å². The van der Waals surface area contributed by atoms with Crippen molar-refractivity contribution in [3.63, 3.8) is 0 Å². The zero-order chi connectivity index (χ0) is 31.9. The lowest BCUT2D eigenvalue weighted by Crippen LogP contribution is -2.64. The van der Waals surface area contributed by atoms with Crippen LogP contribution in [0.2, 0.25) is 0 Å². The van der Waals surface area contributed by atoms with Crippen molar-refractivity contribution in [2.45, 2.75) is 77.4 Å². The largest absolute Gasteiger partial charge is 0.497 e. The third kappa shape index (κ3) is 8.35. The first kappa shape index (κ1) is 33.8. The lowest BCUT2D eigenvalue weighted by atomic mass is 9.71. The van der Waals surface area contributed by atoms with Gasteiger partial charge in [-0.25, -0.2) is 4.79 Å². The quantitative estimate of drug-likeness (QED) is 0.296. The van der Waals surface area contributed by atoms with Crippen LogP contribution in [0.15, 0.2) is 42.5 Å². The van der Waals surface area contributed by atoms with Gasteiger partial charge >= 0.3 is 6.09 Å². The van der Waals surface area contributed by atoms with E-state index in [4.69, 9.17) is 23.7 Å². The van der Waals surface area contributed by atoms with Crippen molar-refractivity contribution >= 4 is 11.8 Å². The molecule has 4 rings (SSSR count). The van der Waals surface area contributed by atoms with Crippen molar-refractivity contribution in [3.05, 3.63) is 53.6 Å². The Morgan fingerprint density at radius 1 is 1.09 bits per heavy atom. The van der Waals surface area contributed by atoms with Gasteiger partial charge in [0.1, 0.15) is 18.1 Å². The molecule has 2 unspecified atom stereocenters. The molecule has 2 aromatic rings. The summed E-state index contributed by atoms with van der Waals surface area (Å²) in [4.78, 5) is 16.5. The molecule has 1 amide bonds. The topological polar surface area (TPSA) is 110 Å². The molecule has 2 aliphatic heterocycles. The molecule has 5 atom stereocenters. The summed E-state index contributed by atoms with van der Waals surface area (Å²) in [5.74, 6) is 1.32. The summed E-state index contributed by atoms with van der Waals surface area (Å²) >= 11 is 0. The standard InChI is InChI=1S/C34H50N2O8/c1-23(37)14-18-43-31-30(25-9-11-26(41-6)12-10-25)29(21-36(33(38)39)32(31)34(2,3)4)44-22-24-8-13-28-27(20-24)35(16-19-42-28)15-7-17-40-5/h8-13,20,23,29-32,37H,7,14-19,21-22H2,1-6H3,(H,38,39)/t23?,29-,30-,31-,32?/m0/s1. The Labute approximate surface area is 261 Å². The number of ether oxygens (including phenoxy) is 5. The first-order valence-electron chi connectivity index (χ1n) is 15.6. The maximum atomic E-state index is 12.7. The Hall–Kier alpha value is -3.05. The van der Waals surface area contributed by atoms with Crippen LogP contribution in [-0.2, 0) is 20.8 Å². The zero-order valence-electron chi connectivity index (χ0n) is 27.0. The monoisotopic (exact) mass is 614 g/mol. The van der Waals surface area contributed by atoms with Crippen LogP contribution in [0.1, 0.15) is 57.6 Å². The lowest BCUT2D eigenvalue weighted by Gasteiger charge is -2.52. The maximum absolute atomic E-state index is 12.7. The Morgan fingerprint density at radius 2 is 1.84 bits per heavy atom. The van der Waals surface area contributed by atoms with Crippen LogP contribution in [0, 0.1) is 5.41 Å². The van der Waals surface area contributed by atoms with E-state index in [1.54, 1.807) is 21.1 Å². The van der Waals surface area contributed by atoms with E-state index in [1.807, 2.05) is 57.2 Å². The second kappa shape index (κ2) is 15.3. The first-order valence-corrected chi connectivity index (χ1v) is 15.6. The van der Waals surface area contributed by atoms with E-state index in [0.29, 0.717) is 32.8 Å². The number of carbonyl (C=O) groups is 1. The Bertz CT molecular complexity index is 1200. The molecule has 0 spiro atoms. The SMILES string of the molecule is COCCCN1CCOc2ccc(CO[C@H]3CN(C(=O)O)C(C(C)(C)C)[C@@H](OCCC(C)O)[C@H]3c3ccc(OC)cc3)cc21. The summed E-state index contributed by atoms with van der Waals surface area (Å²) in [6.07, 6.45) is -1.17. The van der Waals surface area contributed by atoms with Gasteiger partial charge in [-0.1, -0.05) is 39.0 Å². The van der Waals surface area contributed by atoms with Gasteiger partial charge in [-0.15, -0.1) is 0 Å². The molecule has 10 heteroatoms. The molecule has 2 N–H and O–H groups in total. The molecule has 44 heavy (non-hydrogen) atoms. The van der Waals surface area contributed by atoms with E-state index >= 15 is 0 Å². The van der Waals surface area contributed by atoms with Crippen LogP contribution < -0.4 is 14.4 Å². The molecular weight excluding hydrogens is 564 g/mol. The summed E-state index contributed by atoms with van der Waals surface area (Å²) in [6.45, 7) is 11.6. The maximum Gasteiger partial charge on any atom is 0.407 e. The highest BCUT2D eigenvalue weighted by molar-refractivity contribution is 5.66. The molecule has 244 valence electrons. The number of hydrogen-bond acceptors (Lipinski definition) is 8. The molecule has 0 saturated carbocycles. The number of amides is 1. The Balaban J connectivity index is 1.66. The minimum atomic E-state index is -1.01. The van der Waals surface area contributed by atoms with Crippen molar-refractivity contribution in [3.8, 4) is 11.5 Å². The van der Waals surface area contributed by atoms with E-state index < -0.39 is 35.9 Å². The molecule has 0 aliphatic carbocycles. The second-order valence-electron chi connectivity index (χ2n) is 12.9. The number of hydrogen-bond donors (Lipinski definition) is 2. The molecule has 2 aliphatic rings. The number of fused-ring (bicyclic) bond motifs is 1. The normalized spacial score (nSPS) is 22.7. The smallest absolute Gasteiger partial charge is 0.407 e. The fourth-order valence-electron chi connectivity index (χ4n) is 6.36. The van der Waals surface area contributed by atoms with Crippen molar-refractivity contribution in [2.24, 2.45) is 5.41 Å². The number of carboxylic acid groups (broad SMARTS) is 1. The van der Waals surface area contributed by atoms with Gasteiger partial charge in [-0.3, -0.25) is 4.90 Å². The van der Waals surface area contributed by atoms with Gasteiger partial charge in [0.2, 0.25) is 0 Å². The van der Waals surface area contributed by atoms with Gasteiger partial charge in [0.25, 0.3) is 0 Å². The molecule has 1 fully saturated rings. The summed E-state index contributed by atoms with van der Waals surface area (Å²) in [7, 11) is 3.34. The van der Waals surface area contributed by atoms with Crippen molar-refractivity contribution in [2.75, 3.05) is 58.6 Å². The highest BCUT2D eigenvalue weighted by Crippen LogP contribution is 2.43. The highest BCUT2D eigenvalue weighted by Gasteiger charge is 2.51. The van der Waals surface area contributed by atoms with Crippen molar-refractivity contribution in [1.29, 1.82) is 0 Å². The van der Waals surface area contributed by atoms with E-state index in [9.17, 15) is 15.0 Å². The van der Waals surface area contributed by atoms with Crippen LogP contribution in [0.5, 0.6) is 11.5 Å². The van der Waals surface area contributed by atoms with Gasteiger partial charge in [-0.05, 0) is 60.6 Å². The number of aliphatic hydroxyl groups is 1. The number of rotatable bonds is 13. The minimum absolute atomic E-state index is 0.196. The van der Waals surface area contributed by atoms with Crippen LogP contribution >= 0.6 is 0 Å². The zero-order valence-corrected chi connectivity index (χ0v) is 27.0. The number of methoxy groups -OCH3 is 2. The Morgan fingerprint density at radius 3 is 2.48 bits per heavy atom. The second-order valence-corrected chi connectivity index (χ2v) is 12.9. The number of aliphatic hydroxyl groups excluding tert-OH is 1. The third-order valence-electron chi connectivity index (χ3n) is 8.48. The van der Waals surface area contributed by atoms with Gasteiger partial charge in [0.15, 0.2) is 0 Å². The summed E-state index contributed by atoms with van der Waals surface area (Å²) in [5, 5.41) is 20.4. The Kier molecular flexibility index (Phi) is 11.8. The molecule has 0 aromatic heterocycles. The predicted molar refractivity (Wildman–Crippen MR) is 169 cm³/mol. The molecule has 1 saturated heterocycles. The summed E-state index contributed by atoms with van der Waals surface area (Å²) in [6, 6.07) is 13.5. The van der Waals surface area contributed by atoms with Crippen LogP contribution in [-0.4, -0.2) is 99.2 Å². The van der Waals surface area contributed by atoms with Crippen molar-refractivity contribution in [1.82, 2.24) is 4.90 Å². The summed E-state index contributed by atoms with van der Waals surface area (Å²) in [5.41, 5.74) is 2.57. The molecule has 2 heterocycles. The van der Waals surface area contributed by atoms with Gasteiger partial charge in [-0.2, -0.15) is 0 Å². The van der Waals surface area contributed by atoms with Crippen LogP contribution in [0.4, 0.5) is 10.5 Å². The number of nitrogens with zero attached hydrogens (tertiary/aromatic N) is 2.